The van der Waals surface area contributed by atoms with Gasteiger partial charge < -0.3 is 15.0 Å². The van der Waals surface area contributed by atoms with E-state index >= 15 is 0 Å². The van der Waals surface area contributed by atoms with Crippen molar-refractivity contribution < 1.29 is 4.74 Å². The lowest BCUT2D eigenvalue weighted by Crippen LogP contribution is -2.32. The highest BCUT2D eigenvalue weighted by atomic mass is 16.5. The number of ether oxygens (including phenoxy) is 1. The van der Waals surface area contributed by atoms with Gasteiger partial charge >= 0.3 is 0 Å². The van der Waals surface area contributed by atoms with Crippen molar-refractivity contribution in [2.45, 2.75) is 59.2 Å². The van der Waals surface area contributed by atoms with Crippen LogP contribution in [-0.4, -0.2) is 36.8 Å². The van der Waals surface area contributed by atoms with Crippen molar-refractivity contribution in [1.82, 2.24) is 10.3 Å². The number of aromatic nitrogens is 1. The van der Waals surface area contributed by atoms with E-state index in [0.29, 0.717) is 12.1 Å². The van der Waals surface area contributed by atoms with E-state index in [1.807, 2.05) is 0 Å². The van der Waals surface area contributed by atoms with Crippen LogP contribution in [-0.2, 0) is 11.3 Å². The molecule has 4 nitrogen and oxygen atoms in total. The van der Waals surface area contributed by atoms with Crippen molar-refractivity contribution >= 4 is 5.82 Å². The number of likely N-dealkylation sites (N-methyl/N-ethyl adjacent to an activating group) is 1. The Bertz CT molecular complexity index is 442. The summed E-state index contributed by atoms with van der Waals surface area (Å²) in [6.45, 7) is 12.3. The molecule has 2 heterocycles. The largest absolute Gasteiger partial charge is 0.376 e. The Hall–Kier alpha value is -1.13. The minimum absolute atomic E-state index is 0.370. The number of nitrogens with one attached hydrogen (secondary N) is 1. The van der Waals surface area contributed by atoms with Gasteiger partial charge in [0.1, 0.15) is 5.82 Å². The average Bonchev–Trinajstić information content (AvgIpc) is 2.96. The molecule has 21 heavy (non-hydrogen) atoms. The second-order valence-electron chi connectivity index (χ2n) is 6.12. The molecule has 0 saturated carbocycles. The molecule has 1 saturated heterocycles. The third-order valence-corrected chi connectivity index (χ3v) is 4.04. The number of hydrogen-bond donors (Lipinski definition) is 1. The van der Waals surface area contributed by atoms with Crippen LogP contribution >= 0.6 is 0 Å². The summed E-state index contributed by atoms with van der Waals surface area (Å²) in [7, 11) is 0. The van der Waals surface area contributed by atoms with Gasteiger partial charge in [-0.3, -0.25) is 0 Å². The number of aryl methyl sites for hydroxylation is 1. The molecule has 0 bridgehead atoms. The molecule has 0 spiro atoms. The minimum atomic E-state index is 0.370. The smallest absolute Gasteiger partial charge is 0.128 e. The number of nitrogens with zero attached hydrogens (tertiary/aromatic N) is 2. The minimum Gasteiger partial charge on any atom is -0.376 e. The quantitative estimate of drug-likeness (QED) is 0.838. The third-order valence-electron chi connectivity index (χ3n) is 4.04. The topological polar surface area (TPSA) is 37.4 Å². The summed E-state index contributed by atoms with van der Waals surface area (Å²) in [4.78, 5) is 7.12. The van der Waals surface area contributed by atoms with Crippen LogP contribution in [0.5, 0.6) is 0 Å². The molecule has 0 aliphatic carbocycles. The van der Waals surface area contributed by atoms with E-state index in [-0.39, 0.29) is 0 Å². The Morgan fingerprint density at radius 2 is 2.24 bits per heavy atom. The van der Waals surface area contributed by atoms with Gasteiger partial charge in [0.15, 0.2) is 0 Å². The number of hydrogen-bond acceptors (Lipinski definition) is 4. The summed E-state index contributed by atoms with van der Waals surface area (Å²) in [5, 5.41) is 3.45. The van der Waals surface area contributed by atoms with E-state index in [2.05, 4.69) is 50.0 Å². The van der Waals surface area contributed by atoms with Crippen LogP contribution in [0.1, 0.15) is 44.9 Å². The summed E-state index contributed by atoms with van der Waals surface area (Å²) in [6, 6.07) is 4.84. The van der Waals surface area contributed by atoms with E-state index in [9.17, 15) is 0 Å². The zero-order chi connectivity index (χ0) is 15.2. The molecule has 1 aromatic rings. The van der Waals surface area contributed by atoms with Crippen molar-refractivity contribution in [1.29, 1.82) is 0 Å². The molecule has 1 aromatic heterocycles. The third kappa shape index (κ3) is 4.68. The van der Waals surface area contributed by atoms with Gasteiger partial charge in [-0.25, -0.2) is 4.98 Å². The first-order chi connectivity index (χ1) is 10.1. The molecular weight excluding hydrogens is 262 g/mol. The molecule has 0 radical (unpaired) electrons. The number of pyridine rings is 1. The van der Waals surface area contributed by atoms with Gasteiger partial charge in [-0.1, -0.05) is 19.9 Å². The Morgan fingerprint density at radius 1 is 1.43 bits per heavy atom. The molecule has 0 amide bonds. The van der Waals surface area contributed by atoms with E-state index in [0.717, 1.165) is 37.8 Å². The van der Waals surface area contributed by atoms with Gasteiger partial charge in [0.25, 0.3) is 0 Å². The van der Waals surface area contributed by atoms with Crippen molar-refractivity contribution in [2.24, 2.45) is 0 Å². The summed E-state index contributed by atoms with van der Waals surface area (Å²) in [5.41, 5.74) is 2.40. The molecule has 1 atom stereocenters. The monoisotopic (exact) mass is 291 g/mol. The Labute approximate surface area is 128 Å². The highest BCUT2D eigenvalue weighted by molar-refractivity contribution is 5.41. The molecule has 0 aromatic carbocycles. The molecule has 4 heteroatoms. The van der Waals surface area contributed by atoms with Crippen molar-refractivity contribution in [3.63, 3.8) is 0 Å². The van der Waals surface area contributed by atoms with Crippen molar-refractivity contribution in [2.75, 3.05) is 24.6 Å². The lowest BCUT2D eigenvalue weighted by molar-refractivity contribution is 0.115. The summed E-state index contributed by atoms with van der Waals surface area (Å²) in [6.07, 6.45) is 2.73. The maximum atomic E-state index is 5.75. The summed E-state index contributed by atoms with van der Waals surface area (Å²) < 4.78 is 5.75. The Morgan fingerprint density at radius 3 is 2.81 bits per heavy atom. The maximum Gasteiger partial charge on any atom is 0.128 e. The van der Waals surface area contributed by atoms with Gasteiger partial charge in [0.2, 0.25) is 0 Å². The predicted octanol–water partition coefficient (Wildman–Crippen LogP) is 2.89. The normalized spacial score (nSPS) is 18.4. The fourth-order valence-electron chi connectivity index (χ4n) is 2.67. The first-order valence-electron chi connectivity index (χ1n) is 8.16. The zero-order valence-corrected chi connectivity index (χ0v) is 13.9. The highest BCUT2D eigenvalue weighted by Crippen LogP contribution is 2.19. The van der Waals surface area contributed by atoms with Gasteiger partial charge in [0, 0.05) is 38.0 Å². The van der Waals surface area contributed by atoms with Gasteiger partial charge in [-0.05, 0) is 38.3 Å². The SMILES string of the molecule is CCN(CC1CCCO1)c1ccc(CNC(C)C)c(C)n1. The van der Waals surface area contributed by atoms with Gasteiger partial charge in [-0.2, -0.15) is 0 Å². The van der Waals surface area contributed by atoms with Crippen LogP contribution in [0.3, 0.4) is 0 Å². The van der Waals surface area contributed by atoms with Crippen LogP contribution in [0, 0.1) is 6.92 Å². The standard InChI is InChI=1S/C17H29N3O/c1-5-20(12-16-7-6-10-21-16)17-9-8-15(14(4)19-17)11-18-13(2)3/h8-9,13,16,18H,5-7,10-12H2,1-4H3. The van der Waals surface area contributed by atoms with Crippen molar-refractivity contribution in [3.05, 3.63) is 23.4 Å². The molecule has 118 valence electrons. The molecule has 1 aliphatic heterocycles. The number of anilines is 1. The van der Waals surface area contributed by atoms with Gasteiger partial charge in [-0.15, -0.1) is 0 Å². The molecule has 1 unspecified atom stereocenters. The molecule has 1 N–H and O–H groups in total. The van der Waals surface area contributed by atoms with Crippen LogP contribution < -0.4 is 10.2 Å². The molecule has 1 fully saturated rings. The van der Waals surface area contributed by atoms with E-state index in [4.69, 9.17) is 9.72 Å². The van der Waals surface area contributed by atoms with Crippen molar-refractivity contribution in [3.8, 4) is 0 Å². The molecular formula is C17H29N3O. The Kier molecular flexibility index (Phi) is 6.00. The molecule has 2 rings (SSSR count). The number of rotatable bonds is 7. The first kappa shape index (κ1) is 16.2. The second kappa shape index (κ2) is 7.76. The first-order valence-corrected chi connectivity index (χ1v) is 8.16. The summed E-state index contributed by atoms with van der Waals surface area (Å²) >= 11 is 0. The maximum absolute atomic E-state index is 5.75. The predicted molar refractivity (Wildman–Crippen MR) is 87.8 cm³/mol. The van der Waals surface area contributed by atoms with E-state index in [1.54, 1.807) is 0 Å². The highest BCUT2D eigenvalue weighted by Gasteiger charge is 2.19. The van der Waals surface area contributed by atoms with Crippen LogP contribution in [0.2, 0.25) is 0 Å². The Balaban J connectivity index is 2.02. The van der Waals surface area contributed by atoms with E-state index < -0.39 is 0 Å². The molecule has 1 aliphatic rings. The van der Waals surface area contributed by atoms with Gasteiger partial charge in [0.05, 0.1) is 6.10 Å². The summed E-state index contributed by atoms with van der Waals surface area (Å²) in [5.74, 6) is 1.07. The average molecular weight is 291 g/mol. The van der Waals surface area contributed by atoms with Crippen LogP contribution in [0.4, 0.5) is 5.82 Å². The van der Waals surface area contributed by atoms with Crippen LogP contribution in [0.25, 0.3) is 0 Å². The second-order valence-corrected chi connectivity index (χ2v) is 6.12. The lowest BCUT2D eigenvalue weighted by Gasteiger charge is -2.25. The van der Waals surface area contributed by atoms with E-state index in [1.165, 1.54) is 18.4 Å². The fraction of sp³-hybridized carbons (Fsp3) is 0.706. The van der Waals surface area contributed by atoms with Crippen LogP contribution in [0.15, 0.2) is 12.1 Å². The zero-order valence-electron chi connectivity index (χ0n) is 13.9. The fourth-order valence-corrected chi connectivity index (χ4v) is 2.67. The lowest BCUT2D eigenvalue weighted by atomic mass is 10.2.